The average molecular weight is 371 g/mol. The van der Waals surface area contributed by atoms with E-state index < -0.39 is 11.2 Å². The van der Waals surface area contributed by atoms with Gasteiger partial charge in [-0.2, -0.15) is 0 Å². The van der Waals surface area contributed by atoms with Crippen LogP contribution in [0.4, 0.5) is 0 Å². The van der Waals surface area contributed by atoms with Crippen LogP contribution in [0.25, 0.3) is 0 Å². The van der Waals surface area contributed by atoms with E-state index in [0.29, 0.717) is 6.54 Å². The number of carbonyl (C=O) groups is 1. The van der Waals surface area contributed by atoms with Gasteiger partial charge in [-0.15, -0.1) is 0 Å². The Balaban J connectivity index is 1.34. The monoisotopic (exact) mass is 371 g/mol. The molecule has 2 N–H and O–H groups in total. The minimum absolute atomic E-state index is 0.0968. The molecule has 1 amide bonds. The molecule has 0 unspecified atom stereocenters. The van der Waals surface area contributed by atoms with Gasteiger partial charge < -0.3 is 5.32 Å². The number of amides is 1. The van der Waals surface area contributed by atoms with E-state index in [4.69, 9.17) is 0 Å². The van der Waals surface area contributed by atoms with Crippen molar-refractivity contribution in [3.8, 4) is 0 Å². The normalized spacial score (nSPS) is 15.6. The van der Waals surface area contributed by atoms with Crippen molar-refractivity contribution in [2.75, 3.05) is 39.3 Å². The van der Waals surface area contributed by atoms with E-state index in [2.05, 4.69) is 44.4 Å². The first-order valence-electron chi connectivity index (χ1n) is 9.15. The summed E-state index contributed by atoms with van der Waals surface area (Å²) in [5.41, 5.74) is 0.283. The molecule has 0 atom stereocenters. The van der Waals surface area contributed by atoms with E-state index >= 15 is 0 Å². The fraction of sp³-hybridized carbons (Fsp3) is 0.421. The number of aromatic nitrogens is 2. The molecule has 3 rings (SSSR count). The molecule has 1 saturated heterocycles. The third-order valence-corrected chi connectivity index (χ3v) is 4.67. The standard InChI is InChI=1S/C19H25N5O3/c25-17-6-8-24(19(27)21-17)15-18(26)20-7-9-22-10-12-23(13-11-22)14-16-4-2-1-3-5-16/h1-6,8H,7,9-15H2,(H,20,26)(H,21,25,27). The Morgan fingerprint density at radius 1 is 1.00 bits per heavy atom. The molecule has 1 aromatic carbocycles. The topological polar surface area (TPSA) is 90.4 Å². The quantitative estimate of drug-likeness (QED) is 0.683. The molecule has 144 valence electrons. The molecule has 8 heteroatoms. The number of nitrogens with one attached hydrogen (secondary N) is 2. The van der Waals surface area contributed by atoms with Crippen LogP contribution in [-0.2, 0) is 17.9 Å². The molecule has 2 aromatic rings. The highest BCUT2D eigenvalue weighted by Gasteiger charge is 2.16. The maximum absolute atomic E-state index is 12.0. The van der Waals surface area contributed by atoms with Gasteiger partial charge in [0.1, 0.15) is 6.54 Å². The molecule has 0 bridgehead atoms. The summed E-state index contributed by atoms with van der Waals surface area (Å²) in [5, 5.41) is 2.83. The Labute approximate surface area is 157 Å². The number of rotatable bonds is 7. The fourth-order valence-corrected chi connectivity index (χ4v) is 3.15. The lowest BCUT2D eigenvalue weighted by molar-refractivity contribution is -0.121. The molecule has 0 radical (unpaired) electrons. The third kappa shape index (κ3) is 5.90. The van der Waals surface area contributed by atoms with Gasteiger partial charge in [-0.3, -0.25) is 28.9 Å². The molecule has 1 aliphatic heterocycles. The van der Waals surface area contributed by atoms with Crippen molar-refractivity contribution in [1.29, 1.82) is 0 Å². The highest BCUT2D eigenvalue weighted by Crippen LogP contribution is 2.07. The first-order valence-corrected chi connectivity index (χ1v) is 9.15. The summed E-state index contributed by atoms with van der Waals surface area (Å²) in [7, 11) is 0. The highest BCUT2D eigenvalue weighted by atomic mass is 16.2. The first-order chi connectivity index (χ1) is 13.1. The third-order valence-electron chi connectivity index (χ3n) is 4.67. The SMILES string of the molecule is O=C(Cn1ccc(=O)[nH]c1=O)NCCN1CCN(Cc2ccccc2)CC1. The largest absolute Gasteiger partial charge is 0.353 e. The van der Waals surface area contributed by atoms with E-state index in [1.165, 1.54) is 22.4 Å². The maximum Gasteiger partial charge on any atom is 0.328 e. The number of aromatic amines is 1. The highest BCUT2D eigenvalue weighted by molar-refractivity contribution is 5.75. The molecule has 2 heterocycles. The summed E-state index contributed by atoms with van der Waals surface area (Å²) < 4.78 is 1.18. The molecule has 1 fully saturated rings. The zero-order chi connectivity index (χ0) is 19.1. The van der Waals surface area contributed by atoms with E-state index in [-0.39, 0.29) is 12.5 Å². The van der Waals surface area contributed by atoms with Crippen LogP contribution in [0, 0.1) is 0 Å². The summed E-state index contributed by atoms with van der Waals surface area (Å²) in [6.45, 7) is 6.16. The van der Waals surface area contributed by atoms with Crippen LogP contribution in [0.2, 0.25) is 0 Å². The minimum Gasteiger partial charge on any atom is -0.353 e. The van der Waals surface area contributed by atoms with Crippen LogP contribution >= 0.6 is 0 Å². The van der Waals surface area contributed by atoms with Gasteiger partial charge in [0.05, 0.1) is 0 Å². The fourth-order valence-electron chi connectivity index (χ4n) is 3.15. The van der Waals surface area contributed by atoms with Crippen LogP contribution < -0.4 is 16.6 Å². The molecule has 8 nitrogen and oxygen atoms in total. The van der Waals surface area contributed by atoms with Gasteiger partial charge in [0, 0.05) is 58.1 Å². The summed E-state index contributed by atoms with van der Waals surface area (Å²) in [5.74, 6) is -0.244. The van der Waals surface area contributed by atoms with Crippen LogP contribution in [0.5, 0.6) is 0 Å². The van der Waals surface area contributed by atoms with Crippen molar-refractivity contribution < 1.29 is 4.79 Å². The van der Waals surface area contributed by atoms with Gasteiger partial charge in [0.25, 0.3) is 5.56 Å². The second-order valence-corrected chi connectivity index (χ2v) is 6.69. The van der Waals surface area contributed by atoms with Gasteiger partial charge in [0.2, 0.25) is 5.91 Å². The van der Waals surface area contributed by atoms with Crippen LogP contribution in [-0.4, -0.2) is 64.5 Å². The summed E-state index contributed by atoms with van der Waals surface area (Å²) >= 11 is 0. The minimum atomic E-state index is -0.577. The lowest BCUT2D eigenvalue weighted by atomic mass is 10.2. The Morgan fingerprint density at radius 3 is 2.41 bits per heavy atom. The molecule has 0 saturated carbocycles. The lowest BCUT2D eigenvalue weighted by Gasteiger charge is -2.34. The van der Waals surface area contributed by atoms with Crippen molar-refractivity contribution in [2.45, 2.75) is 13.1 Å². The Hall–Kier alpha value is -2.71. The molecular weight excluding hydrogens is 346 g/mol. The van der Waals surface area contributed by atoms with Crippen LogP contribution in [0.15, 0.2) is 52.2 Å². The number of benzene rings is 1. The predicted molar refractivity (Wildman–Crippen MR) is 102 cm³/mol. The maximum atomic E-state index is 12.0. The van der Waals surface area contributed by atoms with E-state index in [1.807, 2.05) is 6.07 Å². The Bertz CT molecular complexity index is 853. The zero-order valence-electron chi connectivity index (χ0n) is 15.3. The predicted octanol–water partition coefficient (Wildman–Crippen LogP) is -0.529. The van der Waals surface area contributed by atoms with Gasteiger partial charge in [0.15, 0.2) is 0 Å². The van der Waals surface area contributed by atoms with E-state index in [1.54, 1.807) is 0 Å². The molecule has 1 aromatic heterocycles. The number of carbonyl (C=O) groups excluding carboxylic acids is 1. The summed E-state index contributed by atoms with van der Waals surface area (Å²) in [4.78, 5) is 41.4. The summed E-state index contributed by atoms with van der Waals surface area (Å²) in [6, 6.07) is 11.7. The number of H-pyrrole nitrogens is 1. The smallest absolute Gasteiger partial charge is 0.328 e. The van der Waals surface area contributed by atoms with Crippen molar-refractivity contribution in [3.63, 3.8) is 0 Å². The molecule has 0 spiro atoms. The van der Waals surface area contributed by atoms with Crippen molar-refractivity contribution in [3.05, 3.63) is 69.0 Å². The van der Waals surface area contributed by atoms with E-state index in [9.17, 15) is 14.4 Å². The van der Waals surface area contributed by atoms with Crippen LogP contribution in [0.3, 0.4) is 0 Å². The molecule has 1 aliphatic rings. The Kier molecular flexibility index (Phi) is 6.56. The van der Waals surface area contributed by atoms with E-state index in [0.717, 1.165) is 39.3 Å². The van der Waals surface area contributed by atoms with Gasteiger partial charge in [-0.25, -0.2) is 4.79 Å². The van der Waals surface area contributed by atoms with Gasteiger partial charge >= 0.3 is 5.69 Å². The lowest BCUT2D eigenvalue weighted by Crippen LogP contribution is -2.48. The number of hydrogen-bond acceptors (Lipinski definition) is 5. The summed E-state index contributed by atoms with van der Waals surface area (Å²) in [6.07, 6.45) is 1.33. The second-order valence-electron chi connectivity index (χ2n) is 6.69. The molecule has 0 aliphatic carbocycles. The molecule has 27 heavy (non-hydrogen) atoms. The number of hydrogen-bond donors (Lipinski definition) is 2. The van der Waals surface area contributed by atoms with Crippen molar-refractivity contribution in [2.24, 2.45) is 0 Å². The van der Waals surface area contributed by atoms with Gasteiger partial charge in [-0.05, 0) is 5.56 Å². The Morgan fingerprint density at radius 2 is 1.70 bits per heavy atom. The number of nitrogens with zero attached hydrogens (tertiary/aromatic N) is 3. The average Bonchev–Trinajstić information content (AvgIpc) is 2.66. The van der Waals surface area contributed by atoms with Crippen LogP contribution in [0.1, 0.15) is 5.56 Å². The van der Waals surface area contributed by atoms with Crippen molar-refractivity contribution in [1.82, 2.24) is 24.7 Å². The zero-order valence-corrected chi connectivity index (χ0v) is 15.3. The second kappa shape index (κ2) is 9.29. The number of piperazine rings is 1. The first kappa shape index (κ1) is 19.1. The molecular formula is C19H25N5O3. The van der Waals surface area contributed by atoms with Crippen molar-refractivity contribution >= 4 is 5.91 Å². The van der Waals surface area contributed by atoms with Gasteiger partial charge in [-0.1, -0.05) is 30.3 Å².